The smallest absolute Gasteiger partial charge is 0.248 e. The Kier molecular flexibility index (Phi) is 24.1. The summed E-state index contributed by atoms with van der Waals surface area (Å²) in [6, 6.07) is 9.44. The fraction of sp³-hybridized carbons (Fsp3) is 0.522. The quantitative estimate of drug-likeness (QED) is 0.135. The van der Waals surface area contributed by atoms with Crippen molar-refractivity contribution < 1.29 is 14.0 Å². The van der Waals surface area contributed by atoms with Gasteiger partial charge < -0.3 is 10.2 Å². The van der Waals surface area contributed by atoms with Crippen LogP contribution in [0, 0.1) is 23.7 Å². The van der Waals surface area contributed by atoms with Crippen molar-refractivity contribution in [1.82, 2.24) is 0 Å². The van der Waals surface area contributed by atoms with E-state index in [9.17, 15) is 9.59 Å². The van der Waals surface area contributed by atoms with Gasteiger partial charge in [-0.2, -0.15) is 0 Å². The highest BCUT2D eigenvalue weighted by Crippen LogP contribution is 2.39. The summed E-state index contributed by atoms with van der Waals surface area (Å²) in [5.74, 6) is 0.625. The van der Waals surface area contributed by atoms with Gasteiger partial charge in [-0.1, -0.05) is 163 Å². The standard InChI is InChI=1S/C23H27ClO2.C12H19NO.C7H16.C4H10/c1-14(2)21(25)20-13-16(4)22(26-20)19(23(5,6)7)12-15(3)17-8-10-18(24)11-9-17;1-5-6-9(2)7-8-10(3)11(4)12(13)14;1-5-6-7(2,3)4;1-3-4-2/h8-14H,3H2,1-2,4-7H3;7-8H,4-6H2,1-3H3,(H2,13,14);5-6H2,1-4H3;3-4H2,1-2H3/b19-12+;9-7-,10-8-;;. The molecule has 1 amide bonds. The molecule has 4 nitrogen and oxygen atoms in total. The molecule has 0 spiro atoms. The van der Waals surface area contributed by atoms with E-state index in [1.54, 1.807) is 0 Å². The molecule has 286 valence electrons. The van der Waals surface area contributed by atoms with Crippen LogP contribution >= 0.6 is 11.6 Å². The van der Waals surface area contributed by atoms with Gasteiger partial charge in [0, 0.05) is 22.1 Å². The van der Waals surface area contributed by atoms with Gasteiger partial charge in [0.15, 0.2) is 5.76 Å². The van der Waals surface area contributed by atoms with Crippen LogP contribution < -0.4 is 5.73 Å². The number of aryl methyl sites for hydroxylation is 1. The molecule has 0 saturated carbocycles. The van der Waals surface area contributed by atoms with E-state index in [4.69, 9.17) is 21.8 Å². The van der Waals surface area contributed by atoms with Crippen molar-refractivity contribution in [2.75, 3.05) is 0 Å². The first-order chi connectivity index (χ1) is 23.5. The summed E-state index contributed by atoms with van der Waals surface area (Å²) in [6.45, 7) is 39.4. The molecule has 0 bridgehead atoms. The van der Waals surface area contributed by atoms with Gasteiger partial charge in [0.2, 0.25) is 11.7 Å². The van der Waals surface area contributed by atoms with Crippen LogP contribution in [0.15, 0.2) is 82.9 Å². The van der Waals surface area contributed by atoms with Gasteiger partial charge in [0.05, 0.1) is 0 Å². The van der Waals surface area contributed by atoms with Crippen molar-refractivity contribution in [2.45, 2.75) is 142 Å². The second kappa shape index (κ2) is 24.8. The molecule has 2 N–H and O–H groups in total. The molecule has 1 aromatic heterocycles. The SMILES string of the molecule is C=C(/C=C(\c1oc(C(=O)C(C)C)cc1C)C(C)(C)C)c1ccc(Cl)cc1.C=C(C(N)=O)/C(C)=C\C=C(\C)CCC.CCCC.CCCC(C)(C)C. The second-order valence-corrected chi connectivity index (χ2v) is 16.2. The van der Waals surface area contributed by atoms with E-state index >= 15 is 0 Å². The van der Waals surface area contributed by atoms with Gasteiger partial charge in [0.25, 0.3) is 0 Å². The van der Waals surface area contributed by atoms with Crippen molar-refractivity contribution in [3.63, 3.8) is 0 Å². The van der Waals surface area contributed by atoms with E-state index in [-0.39, 0.29) is 17.1 Å². The number of ketones is 1. The van der Waals surface area contributed by atoms with Crippen molar-refractivity contribution in [3.8, 4) is 0 Å². The molecule has 0 fully saturated rings. The number of halogens is 1. The molecule has 0 aliphatic heterocycles. The summed E-state index contributed by atoms with van der Waals surface area (Å²) in [5, 5.41) is 0.695. The van der Waals surface area contributed by atoms with Crippen LogP contribution in [0.1, 0.15) is 163 Å². The van der Waals surface area contributed by atoms with Gasteiger partial charge >= 0.3 is 0 Å². The third-order valence-corrected chi connectivity index (χ3v) is 8.06. The molecule has 0 saturated heterocycles. The summed E-state index contributed by atoms with van der Waals surface area (Å²) in [5.41, 5.74) is 11.8. The van der Waals surface area contributed by atoms with Crippen LogP contribution in [0.4, 0.5) is 0 Å². The molecule has 0 atom stereocenters. The van der Waals surface area contributed by atoms with Crippen molar-refractivity contribution in [2.24, 2.45) is 22.5 Å². The Bertz CT molecular complexity index is 1460. The molecule has 5 heteroatoms. The third-order valence-electron chi connectivity index (χ3n) is 7.81. The number of rotatable bonds is 12. The zero-order valence-electron chi connectivity index (χ0n) is 35.0. The van der Waals surface area contributed by atoms with E-state index in [1.807, 2.05) is 76.3 Å². The number of carbonyl (C=O) groups excluding carboxylic acids is 2. The predicted octanol–water partition coefficient (Wildman–Crippen LogP) is 14.6. The van der Waals surface area contributed by atoms with Gasteiger partial charge in [-0.05, 0) is 91.0 Å². The Morgan fingerprint density at radius 3 is 1.78 bits per heavy atom. The van der Waals surface area contributed by atoms with Crippen LogP contribution in [0.3, 0.4) is 0 Å². The Morgan fingerprint density at radius 2 is 1.41 bits per heavy atom. The molecule has 1 aromatic carbocycles. The normalized spacial score (nSPS) is 12.1. The van der Waals surface area contributed by atoms with Gasteiger partial charge in [-0.25, -0.2) is 0 Å². The highest BCUT2D eigenvalue weighted by atomic mass is 35.5. The lowest BCUT2D eigenvalue weighted by atomic mass is 9.82. The first-order valence-corrected chi connectivity index (χ1v) is 19.0. The highest BCUT2D eigenvalue weighted by Gasteiger charge is 2.26. The lowest BCUT2D eigenvalue weighted by molar-refractivity contribution is -0.114. The van der Waals surface area contributed by atoms with Crippen LogP contribution in [-0.4, -0.2) is 11.7 Å². The average molecular weight is 723 g/mol. The van der Waals surface area contributed by atoms with Crippen LogP contribution in [0.2, 0.25) is 5.02 Å². The van der Waals surface area contributed by atoms with Crippen LogP contribution in [-0.2, 0) is 4.79 Å². The van der Waals surface area contributed by atoms with Gasteiger partial charge in [0.1, 0.15) is 5.76 Å². The molecule has 0 aliphatic carbocycles. The number of Topliss-reactive ketones (excluding diaryl/α,β-unsaturated/α-hetero) is 1. The van der Waals surface area contributed by atoms with E-state index in [0.717, 1.165) is 46.4 Å². The molecular formula is C46H72ClNO3. The number of hydrogen-bond acceptors (Lipinski definition) is 3. The topological polar surface area (TPSA) is 73.3 Å². The maximum absolute atomic E-state index is 12.3. The van der Waals surface area contributed by atoms with E-state index in [2.05, 4.69) is 89.3 Å². The summed E-state index contributed by atoms with van der Waals surface area (Å²) in [6.07, 6.45) is 13.4. The first-order valence-electron chi connectivity index (χ1n) is 18.6. The minimum atomic E-state index is -0.458. The first kappa shape index (κ1) is 49.7. The van der Waals surface area contributed by atoms with Crippen molar-refractivity contribution in [1.29, 1.82) is 0 Å². The van der Waals surface area contributed by atoms with E-state index in [1.165, 1.54) is 31.3 Å². The molecule has 0 unspecified atom stereocenters. The molecule has 2 aromatic rings. The number of furan rings is 1. The number of unbranched alkanes of at least 4 members (excludes halogenated alkanes) is 1. The predicted molar refractivity (Wildman–Crippen MR) is 226 cm³/mol. The van der Waals surface area contributed by atoms with E-state index < -0.39 is 5.91 Å². The maximum atomic E-state index is 12.3. The number of allylic oxidation sites excluding steroid dienone is 6. The number of nitrogens with two attached hydrogens (primary N) is 1. The fourth-order valence-corrected chi connectivity index (χ4v) is 4.62. The number of primary amides is 1. The van der Waals surface area contributed by atoms with Crippen LogP contribution in [0.5, 0.6) is 0 Å². The summed E-state index contributed by atoms with van der Waals surface area (Å²) in [4.78, 5) is 23.1. The largest absolute Gasteiger partial charge is 0.453 e. The zero-order valence-corrected chi connectivity index (χ0v) is 35.8. The molecule has 0 aliphatic rings. The highest BCUT2D eigenvalue weighted by molar-refractivity contribution is 6.30. The molecular weight excluding hydrogens is 650 g/mol. The third kappa shape index (κ3) is 21.6. The van der Waals surface area contributed by atoms with E-state index in [0.29, 0.717) is 21.8 Å². The Morgan fingerprint density at radius 1 is 0.882 bits per heavy atom. The van der Waals surface area contributed by atoms with Crippen LogP contribution in [0.25, 0.3) is 11.1 Å². The number of benzene rings is 1. The number of hydrogen-bond donors (Lipinski definition) is 1. The Hall–Kier alpha value is -3.37. The minimum Gasteiger partial charge on any atom is -0.453 e. The molecule has 1 heterocycles. The molecule has 51 heavy (non-hydrogen) atoms. The summed E-state index contributed by atoms with van der Waals surface area (Å²) in [7, 11) is 0. The summed E-state index contributed by atoms with van der Waals surface area (Å²) >= 11 is 5.98. The second-order valence-electron chi connectivity index (χ2n) is 15.7. The molecule has 0 radical (unpaired) electrons. The Balaban J connectivity index is 0. The van der Waals surface area contributed by atoms with Crippen molar-refractivity contribution in [3.05, 3.63) is 106 Å². The maximum Gasteiger partial charge on any atom is 0.248 e. The zero-order chi connectivity index (χ0) is 40.1. The Labute approximate surface area is 318 Å². The number of carbonyl (C=O) groups is 2. The fourth-order valence-electron chi connectivity index (χ4n) is 4.49. The summed E-state index contributed by atoms with van der Waals surface area (Å²) < 4.78 is 6.00. The van der Waals surface area contributed by atoms with Gasteiger partial charge in [-0.15, -0.1) is 0 Å². The lowest BCUT2D eigenvalue weighted by Gasteiger charge is -2.23. The van der Waals surface area contributed by atoms with Gasteiger partial charge in [-0.3, -0.25) is 9.59 Å². The number of amides is 1. The molecule has 2 rings (SSSR count). The van der Waals surface area contributed by atoms with Crippen molar-refractivity contribution >= 4 is 34.4 Å². The minimum absolute atomic E-state index is 0.0177. The average Bonchev–Trinajstić information content (AvgIpc) is 3.42. The monoisotopic (exact) mass is 722 g/mol. The lowest BCUT2D eigenvalue weighted by Crippen LogP contribution is -2.13.